The second-order valence-electron chi connectivity index (χ2n) is 6.56. The molecule has 0 spiro atoms. The Kier molecular flexibility index (Phi) is 6.20. The highest BCUT2D eigenvalue weighted by molar-refractivity contribution is 6.39. The maximum absolute atomic E-state index is 13.9. The lowest BCUT2D eigenvalue weighted by atomic mass is 10.1. The lowest BCUT2D eigenvalue weighted by Crippen LogP contribution is -2.56. The van der Waals surface area contributed by atoms with Crippen molar-refractivity contribution in [3.63, 3.8) is 0 Å². The third kappa shape index (κ3) is 4.20. The molecule has 2 aromatic rings. The molecule has 0 unspecified atom stereocenters. The van der Waals surface area contributed by atoms with Crippen LogP contribution in [0.3, 0.4) is 0 Å². The molecule has 0 saturated carbocycles. The number of halogens is 6. The number of nitrogens with one attached hydrogen (secondary N) is 1. The number of rotatable bonds is 2. The van der Waals surface area contributed by atoms with E-state index >= 15 is 0 Å². The lowest BCUT2D eigenvalue weighted by molar-refractivity contribution is 0.0356. The van der Waals surface area contributed by atoms with Crippen molar-refractivity contribution in [2.75, 3.05) is 0 Å². The zero-order chi connectivity index (χ0) is 21.4. The Bertz CT molecular complexity index is 944. The quantitative estimate of drug-likeness (QED) is 0.247. The van der Waals surface area contributed by atoms with Crippen LogP contribution in [0, 0.1) is 23.3 Å². The Morgan fingerprint density at radius 1 is 1.07 bits per heavy atom. The van der Waals surface area contributed by atoms with Gasteiger partial charge in [0.2, 0.25) is 0 Å². The molecule has 28 heavy (non-hydrogen) atoms. The van der Waals surface area contributed by atoms with E-state index in [0.29, 0.717) is 0 Å². The van der Waals surface area contributed by atoms with E-state index in [1.54, 1.807) is 0 Å². The molecule has 0 bridgehead atoms. The average Bonchev–Trinajstić information content (AvgIpc) is 2.59. The van der Waals surface area contributed by atoms with Crippen LogP contribution in [0.5, 0.6) is 0 Å². The van der Waals surface area contributed by atoms with E-state index < -0.39 is 46.2 Å². The molecular formula is C17H13Cl2F4N3O2. The van der Waals surface area contributed by atoms with Gasteiger partial charge in [-0.05, 0) is 32.9 Å². The third-order valence-corrected chi connectivity index (χ3v) is 4.10. The van der Waals surface area contributed by atoms with Crippen molar-refractivity contribution in [3.8, 4) is 0 Å². The molecule has 0 aliphatic rings. The number of amides is 2. The molecule has 1 aromatic heterocycles. The molecule has 0 fully saturated rings. The van der Waals surface area contributed by atoms with Crippen LogP contribution >= 0.6 is 23.2 Å². The highest BCUT2D eigenvalue weighted by Gasteiger charge is 2.33. The Morgan fingerprint density at radius 2 is 1.68 bits per heavy atom. The SMILES string of the molecule is CC(C)(C)N(NC(=O)c1cc(F)c(F)c(F)c1F)C(=O)c1c(Cl)ccnc1Cl. The molecule has 1 N–H and O–H groups in total. The van der Waals surface area contributed by atoms with Crippen molar-refractivity contribution in [1.82, 2.24) is 15.4 Å². The molecule has 2 amide bonds. The van der Waals surface area contributed by atoms with Crippen LogP contribution in [0.25, 0.3) is 0 Å². The molecule has 1 heterocycles. The van der Waals surface area contributed by atoms with Crippen LogP contribution in [-0.2, 0) is 0 Å². The molecule has 0 atom stereocenters. The van der Waals surface area contributed by atoms with Gasteiger partial charge in [0.05, 0.1) is 21.7 Å². The van der Waals surface area contributed by atoms with Gasteiger partial charge in [-0.3, -0.25) is 15.0 Å². The highest BCUT2D eigenvalue weighted by atomic mass is 35.5. The van der Waals surface area contributed by atoms with Crippen LogP contribution < -0.4 is 5.43 Å². The van der Waals surface area contributed by atoms with Gasteiger partial charge in [-0.25, -0.2) is 27.6 Å². The molecule has 0 radical (unpaired) electrons. The van der Waals surface area contributed by atoms with Crippen molar-refractivity contribution in [3.05, 3.63) is 62.9 Å². The Balaban J connectivity index is 2.47. The molecule has 5 nitrogen and oxygen atoms in total. The summed E-state index contributed by atoms with van der Waals surface area (Å²) < 4.78 is 53.8. The van der Waals surface area contributed by atoms with E-state index in [4.69, 9.17) is 23.2 Å². The number of carbonyl (C=O) groups excluding carboxylic acids is 2. The molecule has 2 rings (SSSR count). The number of aromatic nitrogens is 1. The van der Waals surface area contributed by atoms with E-state index in [1.165, 1.54) is 33.0 Å². The smallest absolute Gasteiger partial charge is 0.267 e. The van der Waals surface area contributed by atoms with E-state index in [1.807, 2.05) is 5.43 Å². The molecule has 0 saturated heterocycles. The summed E-state index contributed by atoms with van der Waals surface area (Å²) in [5.41, 5.74) is -0.453. The number of carbonyl (C=O) groups is 2. The van der Waals surface area contributed by atoms with Gasteiger partial charge in [-0.2, -0.15) is 0 Å². The number of pyridine rings is 1. The fourth-order valence-electron chi connectivity index (χ4n) is 2.14. The normalized spacial score (nSPS) is 11.3. The zero-order valence-corrected chi connectivity index (χ0v) is 16.2. The summed E-state index contributed by atoms with van der Waals surface area (Å²) in [6.45, 7) is 4.52. The maximum atomic E-state index is 13.9. The zero-order valence-electron chi connectivity index (χ0n) is 14.7. The van der Waals surface area contributed by atoms with Gasteiger partial charge < -0.3 is 0 Å². The van der Waals surface area contributed by atoms with Crippen molar-refractivity contribution in [2.24, 2.45) is 0 Å². The summed E-state index contributed by atoms with van der Waals surface area (Å²) in [6, 6.07) is 1.46. The van der Waals surface area contributed by atoms with Crippen LogP contribution in [0.4, 0.5) is 17.6 Å². The Hall–Kier alpha value is -2.39. The van der Waals surface area contributed by atoms with Crippen LogP contribution in [0.15, 0.2) is 18.3 Å². The predicted molar refractivity (Wildman–Crippen MR) is 93.9 cm³/mol. The van der Waals surface area contributed by atoms with Crippen molar-refractivity contribution in [2.45, 2.75) is 26.3 Å². The van der Waals surface area contributed by atoms with Crippen LogP contribution in [0.2, 0.25) is 10.2 Å². The van der Waals surface area contributed by atoms with Crippen LogP contribution in [0.1, 0.15) is 41.5 Å². The first-order valence-corrected chi connectivity index (χ1v) is 8.40. The van der Waals surface area contributed by atoms with Crippen molar-refractivity contribution < 1.29 is 27.2 Å². The first-order valence-electron chi connectivity index (χ1n) is 7.64. The minimum atomic E-state index is -2.16. The van der Waals surface area contributed by atoms with Crippen LogP contribution in [-0.4, -0.2) is 27.3 Å². The fraction of sp³-hybridized carbons (Fsp3) is 0.235. The van der Waals surface area contributed by atoms with Gasteiger partial charge in [0.25, 0.3) is 11.8 Å². The van der Waals surface area contributed by atoms with Crippen molar-refractivity contribution >= 4 is 35.0 Å². The number of hydrogen-bond acceptors (Lipinski definition) is 3. The van der Waals surface area contributed by atoms with E-state index in [0.717, 1.165) is 5.01 Å². The van der Waals surface area contributed by atoms with E-state index in [-0.39, 0.29) is 21.8 Å². The molecule has 0 aliphatic carbocycles. The predicted octanol–water partition coefficient (Wildman–Crippen LogP) is 4.53. The number of nitrogens with zero attached hydrogens (tertiary/aromatic N) is 2. The molecule has 11 heteroatoms. The van der Waals surface area contributed by atoms with E-state index in [9.17, 15) is 27.2 Å². The minimum absolute atomic E-state index is 0.0708. The van der Waals surface area contributed by atoms with Gasteiger partial charge in [-0.1, -0.05) is 23.2 Å². The number of benzene rings is 1. The molecular weight excluding hydrogens is 425 g/mol. The lowest BCUT2D eigenvalue weighted by Gasteiger charge is -2.35. The van der Waals surface area contributed by atoms with Gasteiger partial charge in [0.15, 0.2) is 23.3 Å². The third-order valence-electron chi connectivity index (χ3n) is 3.50. The summed E-state index contributed by atoms with van der Waals surface area (Å²) in [7, 11) is 0. The molecule has 0 aliphatic heterocycles. The second-order valence-corrected chi connectivity index (χ2v) is 7.32. The summed E-state index contributed by atoms with van der Waals surface area (Å²) in [5.74, 6) is -10.2. The van der Waals surface area contributed by atoms with Gasteiger partial charge in [0, 0.05) is 6.20 Å². The standard InChI is InChI=1S/C17H13Cl2F4N3O2/c1-17(2,3)26(16(28)10-8(18)4-5-24-14(10)19)25-15(27)7-6-9(20)12(22)13(23)11(7)21/h4-6H,1-3H3,(H,25,27). The summed E-state index contributed by atoms with van der Waals surface area (Å²) >= 11 is 11.9. The second kappa shape index (κ2) is 7.92. The topological polar surface area (TPSA) is 62.3 Å². The first-order chi connectivity index (χ1) is 12.9. The number of hydrogen-bond donors (Lipinski definition) is 1. The summed E-state index contributed by atoms with van der Waals surface area (Å²) in [4.78, 5) is 29.0. The Labute approximate surface area is 167 Å². The first kappa shape index (κ1) is 21.9. The van der Waals surface area contributed by atoms with E-state index in [2.05, 4.69) is 4.98 Å². The average molecular weight is 438 g/mol. The monoisotopic (exact) mass is 437 g/mol. The summed E-state index contributed by atoms with van der Waals surface area (Å²) in [6.07, 6.45) is 1.25. The van der Waals surface area contributed by atoms with Crippen molar-refractivity contribution in [1.29, 1.82) is 0 Å². The fourth-order valence-corrected chi connectivity index (χ4v) is 2.65. The molecule has 150 valence electrons. The highest BCUT2D eigenvalue weighted by Crippen LogP contribution is 2.26. The van der Waals surface area contributed by atoms with Gasteiger partial charge in [0.1, 0.15) is 5.15 Å². The molecule has 1 aromatic carbocycles. The Morgan fingerprint density at radius 3 is 2.21 bits per heavy atom. The summed E-state index contributed by atoms with van der Waals surface area (Å²) in [5, 5.41) is 0.410. The van der Waals surface area contributed by atoms with Gasteiger partial charge >= 0.3 is 0 Å². The maximum Gasteiger partial charge on any atom is 0.277 e. The van der Waals surface area contributed by atoms with Gasteiger partial charge in [-0.15, -0.1) is 0 Å². The largest absolute Gasteiger partial charge is 0.277 e. The number of hydrazine groups is 1. The minimum Gasteiger partial charge on any atom is -0.267 e.